The summed E-state index contributed by atoms with van der Waals surface area (Å²) in [7, 11) is 0. The van der Waals surface area contributed by atoms with E-state index in [1.54, 1.807) is 6.92 Å². The molecule has 0 radical (unpaired) electrons. The highest BCUT2D eigenvalue weighted by atomic mass is 16.3. The van der Waals surface area contributed by atoms with E-state index in [9.17, 15) is 9.90 Å². The highest BCUT2D eigenvalue weighted by Gasteiger charge is 2.04. The molecule has 0 rings (SSSR count). The molecule has 0 saturated heterocycles. The first-order valence-electron chi connectivity index (χ1n) is 3.94. The van der Waals surface area contributed by atoms with Crippen molar-refractivity contribution >= 4 is 5.78 Å². The summed E-state index contributed by atoms with van der Waals surface area (Å²) in [5.41, 5.74) is 0.763. The number of hydrogen-bond acceptors (Lipinski definition) is 2. The Balaban J connectivity index is 4.00. The summed E-state index contributed by atoms with van der Waals surface area (Å²) in [5.74, 6) is -0.00217. The van der Waals surface area contributed by atoms with Crippen molar-refractivity contribution in [3.05, 3.63) is 11.6 Å². The Morgan fingerprint density at radius 2 is 2.09 bits per heavy atom. The number of carbonyl (C=O) groups excluding carboxylic acids is 1. The lowest BCUT2D eigenvalue weighted by Crippen LogP contribution is -2.08. The third-order valence-electron chi connectivity index (χ3n) is 1.52. The van der Waals surface area contributed by atoms with Crippen LogP contribution < -0.4 is 0 Å². The highest BCUT2D eigenvalue weighted by Crippen LogP contribution is 2.07. The average Bonchev–Trinajstić information content (AvgIpc) is 1.86. The Labute approximate surface area is 67.9 Å². The maximum absolute atomic E-state index is 10.6. The standard InChI is InChI=1S/C9H16O2/c1-4-5-9(11)7(2)6-8(3)10/h6,9,11H,4-5H2,1-3H3. The van der Waals surface area contributed by atoms with Crippen LogP contribution in [-0.2, 0) is 4.79 Å². The average molecular weight is 156 g/mol. The Bertz CT molecular complexity index is 159. The third-order valence-corrected chi connectivity index (χ3v) is 1.52. The van der Waals surface area contributed by atoms with Gasteiger partial charge in [0.1, 0.15) is 0 Å². The van der Waals surface area contributed by atoms with Crippen LogP contribution in [0.2, 0.25) is 0 Å². The van der Waals surface area contributed by atoms with Gasteiger partial charge in [-0.2, -0.15) is 0 Å². The lowest BCUT2D eigenvalue weighted by molar-refractivity contribution is -0.112. The zero-order valence-corrected chi connectivity index (χ0v) is 7.42. The summed E-state index contributed by atoms with van der Waals surface area (Å²) in [6.45, 7) is 5.27. The van der Waals surface area contributed by atoms with Crippen LogP contribution in [0.15, 0.2) is 11.6 Å². The molecule has 0 spiro atoms. The summed E-state index contributed by atoms with van der Waals surface area (Å²) in [5, 5.41) is 9.35. The maximum atomic E-state index is 10.6. The normalized spacial score (nSPS) is 14.7. The van der Waals surface area contributed by atoms with E-state index >= 15 is 0 Å². The first-order valence-corrected chi connectivity index (χ1v) is 3.94. The van der Waals surface area contributed by atoms with Crippen LogP contribution in [0.4, 0.5) is 0 Å². The fraction of sp³-hybridized carbons (Fsp3) is 0.667. The predicted molar refractivity (Wildman–Crippen MR) is 45.4 cm³/mol. The lowest BCUT2D eigenvalue weighted by atomic mass is 10.1. The number of carbonyl (C=O) groups is 1. The van der Waals surface area contributed by atoms with Crippen LogP contribution >= 0.6 is 0 Å². The molecule has 1 atom stereocenters. The van der Waals surface area contributed by atoms with Gasteiger partial charge in [0.2, 0.25) is 0 Å². The van der Waals surface area contributed by atoms with Gasteiger partial charge in [-0.05, 0) is 31.9 Å². The molecule has 1 unspecified atom stereocenters. The number of ketones is 1. The Morgan fingerprint density at radius 3 is 2.45 bits per heavy atom. The molecule has 2 heteroatoms. The fourth-order valence-electron chi connectivity index (χ4n) is 0.918. The first kappa shape index (κ1) is 10.4. The summed E-state index contributed by atoms with van der Waals surface area (Å²) in [6.07, 6.45) is 2.71. The van der Waals surface area contributed by atoms with E-state index in [0.717, 1.165) is 18.4 Å². The monoisotopic (exact) mass is 156 g/mol. The van der Waals surface area contributed by atoms with Gasteiger partial charge in [-0.15, -0.1) is 0 Å². The van der Waals surface area contributed by atoms with E-state index in [2.05, 4.69) is 0 Å². The van der Waals surface area contributed by atoms with Crippen molar-refractivity contribution in [1.29, 1.82) is 0 Å². The Hall–Kier alpha value is -0.630. The van der Waals surface area contributed by atoms with Gasteiger partial charge in [-0.1, -0.05) is 13.3 Å². The van der Waals surface area contributed by atoms with Crippen molar-refractivity contribution in [2.24, 2.45) is 0 Å². The van der Waals surface area contributed by atoms with Gasteiger partial charge >= 0.3 is 0 Å². The third kappa shape index (κ3) is 4.73. The SMILES string of the molecule is CCCC(O)C(C)=CC(C)=O. The Kier molecular flexibility index (Phi) is 4.79. The van der Waals surface area contributed by atoms with Crippen LogP contribution in [0.25, 0.3) is 0 Å². The lowest BCUT2D eigenvalue weighted by Gasteiger charge is -2.08. The van der Waals surface area contributed by atoms with Gasteiger partial charge in [0, 0.05) is 0 Å². The van der Waals surface area contributed by atoms with Crippen LogP contribution in [0.3, 0.4) is 0 Å². The zero-order valence-electron chi connectivity index (χ0n) is 7.42. The zero-order chi connectivity index (χ0) is 8.85. The Morgan fingerprint density at radius 1 is 1.55 bits per heavy atom. The molecule has 11 heavy (non-hydrogen) atoms. The first-order chi connectivity index (χ1) is 5.07. The largest absolute Gasteiger partial charge is 0.389 e. The molecule has 0 aromatic carbocycles. The molecule has 0 aromatic heterocycles. The number of rotatable bonds is 4. The minimum atomic E-state index is -0.441. The van der Waals surface area contributed by atoms with Crippen LogP contribution in [0.5, 0.6) is 0 Å². The van der Waals surface area contributed by atoms with Gasteiger partial charge in [0.15, 0.2) is 5.78 Å². The summed E-state index contributed by atoms with van der Waals surface area (Å²) in [6, 6.07) is 0. The molecule has 2 nitrogen and oxygen atoms in total. The molecule has 0 amide bonds. The second-order valence-electron chi connectivity index (χ2n) is 2.80. The molecule has 1 N–H and O–H groups in total. The quantitative estimate of drug-likeness (QED) is 0.629. The predicted octanol–water partition coefficient (Wildman–Crippen LogP) is 1.68. The summed E-state index contributed by atoms with van der Waals surface area (Å²) >= 11 is 0. The van der Waals surface area contributed by atoms with E-state index in [1.165, 1.54) is 13.0 Å². The molecular formula is C9H16O2. The number of aliphatic hydroxyl groups excluding tert-OH is 1. The smallest absolute Gasteiger partial charge is 0.152 e. The highest BCUT2D eigenvalue weighted by molar-refractivity contribution is 5.87. The van der Waals surface area contributed by atoms with Gasteiger partial charge in [0.05, 0.1) is 6.10 Å². The summed E-state index contributed by atoms with van der Waals surface area (Å²) in [4.78, 5) is 10.6. The molecule has 0 heterocycles. The molecule has 0 saturated carbocycles. The van der Waals surface area contributed by atoms with Crippen molar-refractivity contribution in [2.75, 3.05) is 0 Å². The minimum absolute atomic E-state index is 0.00217. The van der Waals surface area contributed by atoms with E-state index in [4.69, 9.17) is 0 Å². The summed E-state index contributed by atoms with van der Waals surface area (Å²) < 4.78 is 0. The van der Waals surface area contributed by atoms with Crippen LogP contribution in [0.1, 0.15) is 33.6 Å². The number of aliphatic hydroxyl groups is 1. The van der Waals surface area contributed by atoms with Gasteiger partial charge < -0.3 is 5.11 Å². The van der Waals surface area contributed by atoms with Gasteiger partial charge in [-0.25, -0.2) is 0 Å². The van der Waals surface area contributed by atoms with Crippen LogP contribution in [-0.4, -0.2) is 17.0 Å². The second-order valence-corrected chi connectivity index (χ2v) is 2.80. The van der Waals surface area contributed by atoms with E-state index in [1.807, 2.05) is 6.92 Å². The second kappa shape index (κ2) is 5.08. The van der Waals surface area contributed by atoms with Gasteiger partial charge in [-0.3, -0.25) is 4.79 Å². The molecule has 0 fully saturated rings. The van der Waals surface area contributed by atoms with Crippen molar-refractivity contribution in [1.82, 2.24) is 0 Å². The van der Waals surface area contributed by atoms with Crippen molar-refractivity contribution < 1.29 is 9.90 Å². The minimum Gasteiger partial charge on any atom is -0.389 e. The number of hydrogen-bond donors (Lipinski definition) is 1. The molecule has 0 aliphatic rings. The van der Waals surface area contributed by atoms with E-state index in [0.29, 0.717) is 0 Å². The molecule has 0 aliphatic carbocycles. The molecule has 0 aliphatic heterocycles. The number of allylic oxidation sites excluding steroid dienone is 1. The van der Waals surface area contributed by atoms with E-state index < -0.39 is 6.10 Å². The van der Waals surface area contributed by atoms with Crippen molar-refractivity contribution in [3.8, 4) is 0 Å². The molecular weight excluding hydrogens is 140 g/mol. The van der Waals surface area contributed by atoms with Gasteiger partial charge in [0.25, 0.3) is 0 Å². The molecule has 64 valence electrons. The topological polar surface area (TPSA) is 37.3 Å². The molecule has 0 bridgehead atoms. The fourth-order valence-corrected chi connectivity index (χ4v) is 0.918. The van der Waals surface area contributed by atoms with E-state index in [-0.39, 0.29) is 5.78 Å². The molecule has 0 aromatic rings. The van der Waals surface area contributed by atoms with Crippen molar-refractivity contribution in [3.63, 3.8) is 0 Å². The maximum Gasteiger partial charge on any atom is 0.152 e. The van der Waals surface area contributed by atoms with Crippen LogP contribution in [0, 0.1) is 0 Å². The van der Waals surface area contributed by atoms with Crippen molar-refractivity contribution in [2.45, 2.75) is 39.7 Å².